The first-order valence-electron chi connectivity index (χ1n) is 6.79. The molecule has 0 atom stereocenters. The van der Waals surface area contributed by atoms with Crippen molar-refractivity contribution in [1.29, 1.82) is 5.26 Å². The van der Waals surface area contributed by atoms with E-state index >= 15 is 0 Å². The maximum Gasteiger partial charge on any atom is 0.292 e. The van der Waals surface area contributed by atoms with Crippen LogP contribution in [0, 0.1) is 21.4 Å². The summed E-state index contributed by atoms with van der Waals surface area (Å²) < 4.78 is 0. The molecule has 0 saturated carbocycles. The third kappa shape index (κ3) is 4.70. The number of amides is 1. The Kier molecular flexibility index (Phi) is 5.95. The van der Waals surface area contributed by atoms with E-state index < -0.39 is 10.8 Å². The van der Waals surface area contributed by atoms with Crippen LogP contribution in [0.4, 0.5) is 17.1 Å². The van der Waals surface area contributed by atoms with Crippen molar-refractivity contribution >= 4 is 46.2 Å². The summed E-state index contributed by atoms with van der Waals surface area (Å²) in [5, 5.41) is 25.7. The van der Waals surface area contributed by atoms with E-state index in [1.54, 1.807) is 12.1 Å². The lowest BCUT2D eigenvalue weighted by molar-refractivity contribution is -0.383. The highest BCUT2D eigenvalue weighted by molar-refractivity contribution is 6.42. The van der Waals surface area contributed by atoms with Crippen molar-refractivity contribution in [2.24, 2.45) is 0 Å². The van der Waals surface area contributed by atoms with Gasteiger partial charge in [-0.3, -0.25) is 14.9 Å². The molecule has 0 radical (unpaired) electrons. The molecule has 1 amide bonds. The van der Waals surface area contributed by atoms with E-state index in [0.717, 1.165) is 6.20 Å². The Balaban J connectivity index is 2.17. The average Bonchev–Trinajstić information content (AvgIpc) is 2.59. The minimum atomic E-state index is -0.702. The van der Waals surface area contributed by atoms with E-state index in [9.17, 15) is 14.9 Å². The molecule has 0 saturated heterocycles. The number of hydrogen-bond donors (Lipinski definition) is 2. The molecule has 0 spiro atoms. The molecule has 0 unspecified atom stereocenters. The second kappa shape index (κ2) is 8.15. The van der Waals surface area contributed by atoms with Crippen LogP contribution in [0.5, 0.6) is 0 Å². The predicted molar refractivity (Wildman–Crippen MR) is 95.5 cm³/mol. The zero-order valence-corrected chi connectivity index (χ0v) is 14.0. The summed E-state index contributed by atoms with van der Waals surface area (Å²) in [4.78, 5) is 22.5. The molecule has 25 heavy (non-hydrogen) atoms. The molecular weight excluding hydrogens is 367 g/mol. The molecule has 0 aliphatic heterocycles. The van der Waals surface area contributed by atoms with E-state index in [2.05, 4.69) is 10.6 Å². The number of nitriles is 1. The van der Waals surface area contributed by atoms with E-state index in [1.807, 2.05) is 0 Å². The zero-order valence-electron chi connectivity index (χ0n) is 12.5. The number of nitro groups is 1. The molecule has 9 heteroatoms. The molecule has 2 aromatic rings. The number of hydrogen-bond acceptors (Lipinski definition) is 5. The Morgan fingerprint density at radius 1 is 1.20 bits per heavy atom. The quantitative estimate of drug-likeness (QED) is 0.348. The molecule has 126 valence electrons. The van der Waals surface area contributed by atoms with Crippen LogP contribution in [0.3, 0.4) is 0 Å². The number of carbonyl (C=O) groups excluding carboxylic acids is 1. The third-order valence-electron chi connectivity index (χ3n) is 3.02. The highest BCUT2D eigenvalue weighted by Crippen LogP contribution is 2.26. The van der Waals surface area contributed by atoms with E-state index in [4.69, 9.17) is 28.5 Å². The number of nitro benzene ring substituents is 1. The second-order valence-corrected chi connectivity index (χ2v) is 5.49. The Bertz CT molecular complexity index is 906. The Hall–Kier alpha value is -3.08. The molecule has 2 rings (SSSR count). The number of nitrogens with zero attached hydrogens (tertiary/aromatic N) is 2. The SMILES string of the molecule is N#C/C(=C/Nc1ccccc1[N+](=O)[O-])C(=O)Nc1ccc(Cl)c(Cl)c1. The first-order chi connectivity index (χ1) is 11.9. The van der Waals surface area contributed by atoms with Gasteiger partial charge in [0.1, 0.15) is 17.3 Å². The lowest BCUT2D eigenvalue weighted by Crippen LogP contribution is -2.14. The number of rotatable bonds is 5. The summed E-state index contributed by atoms with van der Waals surface area (Å²) in [6.07, 6.45) is 1.09. The largest absolute Gasteiger partial charge is 0.355 e. The third-order valence-corrected chi connectivity index (χ3v) is 3.75. The van der Waals surface area contributed by atoms with Gasteiger partial charge in [0.05, 0.1) is 15.0 Å². The van der Waals surface area contributed by atoms with Crippen LogP contribution < -0.4 is 10.6 Å². The highest BCUT2D eigenvalue weighted by Gasteiger charge is 2.14. The van der Waals surface area contributed by atoms with Crippen molar-refractivity contribution in [3.05, 3.63) is 74.4 Å². The summed E-state index contributed by atoms with van der Waals surface area (Å²) >= 11 is 11.7. The molecule has 0 bridgehead atoms. The van der Waals surface area contributed by atoms with Crippen molar-refractivity contribution in [1.82, 2.24) is 0 Å². The van der Waals surface area contributed by atoms with E-state index in [0.29, 0.717) is 10.7 Å². The van der Waals surface area contributed by atoms with Crippen LogP contribution >= 0.6 is 23.2 Å². The Labute approximate surface area is 152 Å². The molecule has 0 aliphatic carbocycles. The zero-order chi connectivity index (χ0) is 18.4. The van der Waals surface area contributed by atoms with E-state index in [1.165, 1.54) is 36.4 Å². The number of halogens is 2. The lowest BCUT2D eigenvalue weighted by Gasteiger charge is -2.06. The molecule has 0 fully saturated rings. The predicted octanol–water partition coefficient (Wildman–Crippen LogP) is 4.36. The van der Waals surface area contributed by atoms with Gasteiger partial charge in [-0.05, 0) is 24.3 Å². The van der Waals surface area contributed by atoms with Gasteiger partial charge >= 0.3 is 0 Å². The van der Waals surface area contributed by atoms with Crippen LogP contribution in [0.15, 0.2) is 54.2 Å². The van der Waals surface area contributed by atoms with Crippen molar-refractivity contribution in [3.63, 3.8) is 0 Å². The molecule has 7 nitrogen and oxygen atoms in total. The fourth-order valence-corrected chi connectivity index (χ4v) is 2.12. The van der Waals surface area contributed by atoms with E-state index in [-0.39, 0.29) is 22.0 Å². The van der Waals surface area contributed by atoms with Crippen molar-refractivity contribution in [2.45, 2.75) is 0 Å². The Morgan fingerprint density at radius 3 is 2.56 bits per heavy atom. The summed E-state index contributed by atoms with van der Waals surface area (Å²) in [6, 6.07) is 12.0. The normalized spacial score (nSPS) is 10.7. The van der Waals surface area contributed by atoms with Gasteiger partial charge in [0.15, 0.2) is 0 Å². The van der Waals surface area contributed by atoms with Gasteiger partial charge < -0.3 is 10.6 Å². The molecule has 2 aromatic carbocycles. The summed E-state index contributed by atoms with van der Waals surface area (Å²) in [5.41, 5.74) is 0.0546. The molecular formula is C16H10Cl2N4O3. The maximum absolute atomic E-state index is 12.1. The lowest BCUT2D eigenvalue weighted by atomic mass is 10.2. The van der Waals surface area contributed by atoms with Gasteiger partial charge in [-0.1, -0.05) is 35.3 Å². The van der Waals surface area contributed by atoms with Crippen LogP contribution in [-0.4, -0.2) is 10.8 Å². The minimum Gasteiger partial charge on any atom is -0.355 e. The van der Waals surface area contributed by atoms with Gasteiger partial charge in [-0.15, -0.1) is 0 Å². The minimum absolute atomic E-state index is 0.155. The highest BCUT2D eigenvalue weighted by atomic mass is 35.5. The first-order valence-corrected chi connectivity index (χ1v) is 7.54. The second-order valence-electron chi connectivity index (χ2n) is 4.67. The molecule has 0 heterocycles. The van der Waals surface area contributed by atoms with Crippen LogP contribution in [0.2, 0.25) is 10.0 Å². The van der Waals surface area contributed by atoms with Crippen molar-refractivity contribution in [3.8, 4) is 6.07 Å². The van der Waals surface area contributed by atoms with Crippen molar-refractivity contribution in [2.75, 3.05) is 10.6 Å². The van der Waals surface area contributed by atoms with Crippen molar-refractivity contribution < 1.29 is 9.72 Å². The number of para-hydroxylation sites is 2. The number of anilines is 2. The summed E-state index contributed by atoms with van der Waals surface area (Å²) in [6.45, 7) is 0. The number of nitrogens with one attached hydrogen (secondary N) is 2. The molecule has 0 aromatic heterocycles. The van der Waals surface area contributed by atoms with Gasteiger partial charge in [0.2, 0.25) is 0 Å². The van der Waals surface area contributed by atoms with Gasteiger partial charge in [0.25, 0.3) is 11.6 Å². The molecule has 2 N–H and O–H groups in total. The van der Waals surface area contributed by atoms with Gasteiger partial charge in [-0.2, -0.15) is 5.26 Å². The van der Waals surface area contributed by atoms with Crippen LogP contribution in [0.1, 0.15) is 0 Å². The average molecular weight is 377 g/mol. The van der Waals surface area contributed by atoms with Crippen LogP contribution in [-0.2, 0) is 4.79 Å². The standard InChI is InChI=1S/C16H10Cl2N4O3/c17-12-6-5-11(7-13(12)18)21-16(23)10(8-19)9-20-14-3-1-2-4-15(14)22(24)25/h1-7,9,20H,(H,21,23)/b10-9-. The number of benzene rings is 2. The van der Waals surface area contributed by atoms with Gasteiger partial charge in [-0.25, -0.2) is 0 Å². The Morgan fingerprint density at radius 2 is 1.92 bits per heavy atom. The van der Waals surface area contributed by atoms with Gasteiger partial charge in [0, 0.05) is 18.0 Å². The fraction of sp³-hybridized carbons (Fsp3) is 0. The smallest absolute Gasteiger partial charge is 0.292 e. The van der Waals surface area contributed by atoms with Crippen LogP contribution in [0.25, 0.3) is 0 Å². The molecule has 0 aliphatic rings. The first kappa shape index (κ1) is 18.3. The number of carbonyl (C=O) groups is 1. The topological polar surface area (TPSA) is 108 Å². The monoisotopic (exact) mass is 376 g/mol. The maximum atomic E-state index is 12.1. The fourth-order valence-electron chi connectivity index (χ4n) is 1.83. The summed E-state index contributed by atoms with van der Waals surface area (Å²) in [5.74, 6) is -0.702. The summed E-state index contributed by atoms with van der Waals surface area (Å²) in [7, 11) is 0.